The molecular weight excluding hydrogens is 330 g/mol. The fraction of sp³-hybridized carbons (Fsp3) is 0.556. The predicted octanol–water partition coefficient (Wildman–Crippen LogP) is 0.814. The molecule has 138 valence electrons. The van der Waals surface area contributed by atoms with Crippen molar-refractivity contribution >= 4 is 11.8 Å². The van der Waals surface area contributed by atoms with Crippen LogP contribution in [-0.2, 0) is 11.3 Å². The maximum atomic E-state index is 5.42. The average Bonchev–Trinajstić information content (AvgIpc) is 3.17. The van der Waals surface area contributed by atoms with E-state index in [1.807, 2.05) is 18.5 Å². The summed E-state index contributed by atoms with van der Waals surface area (Å²) < 4.78 is 5.42. The van der Waals surface area contributed by atoms with E-state index in [1.54, 1.807) is 12.4 Å². The molecule has 2 aromatic heterocycles. The summed E-state index contributed by atoms with van der Waals surface area (Å²) in [5, 5.41) is 0. The van der Waals surface area contributed by atoms with E-state index in [9.17, 15) is 0 Å². The van der Waals surface area contributed by atoms with Crippen LogP contribution in [0.1, 0.15) is 12.1 Å². The molecule has 0 amide bonds. The normalized spacial score (nSPS) is 21.1. The summed E-state index contributed by atoms with van der Waals surface area (Å²) in [5.41, 5.74) is 1.02. The first-order valence-electron chi connectivity index (χ1n) is 9.15. The van der Waals surface area contributed by atoms with Crippen molar-refractivity contribution in [2.45, 2.75) is 19.0 Å². The molecule has 4 heterocycles. The van der Waals surface area contributed by atoms with Crippen LogP contribution in [0.25, 0.3) is 0 Å². The van der Waals surface area contributed by atoms with Gasteiger partial charge in [0.2, 0.25) is 5.95 Å². The highest BCUT2D eigenvalue weighted by atomic mass is 16.5. The van der Waals surface area contributed by atoms with Gasteiger partial charge in [0.25, 0.3) is 0 Å². The number of aromatic nitrogens is 4. The SMILES string of the molecule is CN(c1ccnc(N2CCOCC2)n1)C1CCN(Cc2cnccn2)C1. The Hall–Kier alpha value is -2.32. The van der Waals surface area contributed by atoms with Crippen LogP contribution in [0.4, 0.5) is 11.8 Å². The predicted molar refractivity (Wildman–Crippen MR) is 99.2 cm³/mol. The number of ether oxygens (including phenoxy) is 1. The Kier molecular flexibility index (Phi) is 5.21. The zero-order chi connectivity index (χ0) is 17.8. The lowest BCUT2D eigenvalue weighted by molar-refractivity contribution is 0.122. The van der Waals surface area contributed by atoms with E-state index in [0.717, 1.165) is 69.8 Å². The van der Waals surface area contributed by atoms with Crippen LogP contribution in [0.3, 0.4) is 0 Å². The Morgan fingerprint density at radius 3 is 2.85 bits per heavy atom. The number of nitrogens with zero attached hydrogens (tertiary/aromatic N) is 7. The molecule has 4 rings (SSSR count). The number of anilines is 2. The second kappa shape index (κ2) is 7.92. The summed E-state index contributed by atoms with van der Waals surface area (Å²) in [5.74, 6) is 1.78. The van der Waals surface area contributed by atoms with Crippen molar-refractivity contribution in [1.82, 2.24) is 24.8 Å². The van der Waals surface area contributed by atoms with Crippen LogP contribution in [0.5, 0.6) is 0 Å². The first-order chi connectivity index (χ1) is 12.8. The topological polar surface area (TPSA) is 70.5 Å². The Bertz CT molecular complexity index is 708. The van der Waals surface area contributed by atoms with Gasteiger partial charge < -0.3 is 14.5 Å². The fourth-order valence-corrected chi connectivity index (χ4v) is 3.55. The van der Waals surface area contributed by atoms with Crippen molar-refractivity contribution in [3.8, 4) is 0 Å². The highest BCUT2D eigenvalue weighted by Crippen LogP contribution is 2.22. The van der Waals surface area contributed by atoms with Crippen molar-refractivity contribution < 1.29 is 4.74 Å². The molecule has 2 saturated heterocycles. The standard InChI is InChI=1S/C18H25N7O/c1-23(16-3-7-24(14-16)13-15-12-19-5-6-20-15)17-2-4-21-18(22-17)25-8-10-26-11-9-25/h2,4-6,12,16H,3,7-11,13-14H2,1H3. The molecule has 0 radical (unpaired) electrons. The van der Waals surface area contributed by atoms with E-state index in [4.69, 9.17) is 9.72 Å². The molecule has 26 heavy (non-hydrogen) atoms. The number of morpholine rings is 1. The Balaban J connectivity index is 1.39. The van der Waals surface area contributed by atoms with E-state index in [-0.39, 0.29) is 0 Å². The second-order valence-electron chi connectivity index (χ2n) is 6.80. The zero-order valence-electron chi connectivity index (χ0n) is 15.2. The van der Waals surface area contributed by atoms with Crippen LogP contribution in [0.2, 0.25) is 0 Å². The largest absolute Gasteiger partial charge is 0.378 e. The first-order valence-corrected chi connectivity index (χ1v) is 9.15. The molecule has 0 bridgehead atoms. The molecule has 1 unspecified atom stereocenters. The molecule has 2 aromatic rings. The van der Waals surface area contributed by atoms with Gasteiger partial charge in [0.05, 0.1) is 18.9 Å². The molecule has 0 spiro atoms. The van der Waals surface area contributed by atoms with Crippen LogP contribution >= 0.6 is 0 Å². The lowest BCUT2D eigenvalue weighted by Crippen LogP contribution is -2.38. The van der Waals surface area contributed by atoms with Gasteiger partial charge in [-0.15, -0.1) is 0 Å². The summed E-state index contributed by atoms with van der Waals surface area (Å²) in [6.07, 6.45) is 8.29. The summed E-state index contributed by atoms with van der Waals surface area (Å²) in [6, 6.07) is 2.44. The molecule has 2 aliphatic rings. The number of hydrogen-bond donors (Lipinski definition) is 0. The third-order valence-corrected chi connectivity index (χ3v) is 5.08. The Morgan fingerprint density at radius 1 is 1.15 bits per heavy atom. The Labute approximate surface area is 153 Å². The van der Waals surface area contributed by atoms with Crippen molar-refractivity contribution in [1.29, 1.82) is 0 Å². The summed E-state index contributed by atoms with van der Waals surface area (Å²) in [7, 11) is 2.13. The van der Waals surface area contributed by atoms with Crippen LogP contribution in [-0.4, -0.2) is 77.3 Å². The number of likely N-dealkylation sites (tertiary alicyclic amines) is 1. The number of hydrogen-bond acceptors (Lipinski definition) is 8. The van der Waals surface area contributed by atoms with E-state index >= 15 is 0 Å². The van der Waals surface area contributed by atoms with Gasteiger partial charge in [0, 0.05) is 70.6 Å². The third kappa shape index (κ3) is 3.91. The van der Waals surface area contributed by atoms with E-state index < -0.39 is 0 Å². The molecule has 2 fully saturated rings. The molecule has 0 aromatic carbocycles. The average molecular weight is 355 g/mol. The van der Waals surface area contributed by atoms with E-state index in [0.29, 0.717) is 6.04 Å². The monoisotopic (exact) mass is 355 g/mol. The molecule has 2 aliphatic heterocycles. The molecule has 0 saturated carbocycles. The summed E-state index contributed by atoms with van der Waals surface area (Å²) in [6.45, 7) is 6.09. The minimum atomic E-state index is 0.444. The molecular formula is C18H25N7O. The Morgan fingerprint density at radius 2 is 2.04 bits per heavy atom. The highest BCUT2D eigenvalue weighted by molar-refractivity contribution is 5.44. The van der Waals surface area contributed by atoms with Gasteiger partial charge in [0.1, 0.15) is 5.82 Å². The molecule has 8 heteroatoms. The van der Waals surface area contributed by atoms with E-state index in [2.05, 4.69) is 36.7 Å². The molecule has 1 atom stereocenters. The van der Waals surface area contributed by atoms with Gasteiger partial charge in [-0.25, -0.2) is 4.98 Å². The summed E-state index contributed by atoms with van der Waals surface area (Å²) >= 11 is 0. The third-order valence-electron chi connectivity index (χ3n) is 5.08. The van der Waals surface area contributed by atoms with Crippen LogP contribution < -0.4 is 9.80 Å². The first kappa shape index (κ1) is 17.1. The lowest BCUT2D eigenvalue weighted by atomic mass is 10.2. The van der Waals surface area contributed by atoms with Gasteiger partial charge >= 0.3 is 0 Å². The van der Waals surface area contributed by atoms with Gasteiger partial charge in [-0.2, -0.15) is 4.98 Å². The smallest absolute Gasteiger partial charge is 0.227 e. The number of rotatable bonds is 5. The van der Waals surface area contributed by atoms with Gasteiger partial charge in [-0.1, -0.05) is 0 Å². The fourth-order valence-electron chi connectivity index (χ4n) is 3.55. The maximum Gasteiger partial charge on any atom is 0.227 e. The minimum Gasteiger partial charge on any atom is -0.378 e. The maximum absolute atomic E-state index is 5.42. The van der Waals surface area contributed by atoms with Crippen molar-refractivity contribution in [3.63, 3.8) is 0 Å². The van der Waals surface area contributed by atoms with Crippen molar-refractivity contribution in [2.24, 2.45) is 0 Å². The van der Waals surface area contributed by atoms with Crippen molar-refractivity contribution in [3.05, 3.63) is 36.5 Å². The molecule has 0 aliphatic carbocycles. The van der Waals surface area contributed by atoms with Gasteiger partial charge in [-0.3, -0.25) is 14.9 Å². The molecule has 8 nitrogen and oxygen atoms in total. The quantitative estimate of drug-likeness (QED) is 0.781. The van der Waals surface area contributed by atoms with Crippen molar-refractivity contribution in [2.75, 3.05) is 56.2 Å². The van der Waals surface area contributed by atoms with Crippen LogP contribution in [0.15, 0.2) is 30.9 Å². The minimum absolute atomic E-state index is 0.444. The van der Waals surface area contributed by atoms with Gasteiger partial charge in [0.15, 0.2) is 0 Å². The second-order valence-corrected chi connectivity index (χ2v) is 6.80. The molecule has 0 N–H and O–H groups in total. The summed E-state index contributed by atoms with van der Waals surface area (Å²) in [4.78, 5) is 24.7. The van der Waals surface area contributed by atoms with Crippen LogP contribution in [0, 0.1) is 0 Å². The lowest BCUT2D eigenvalue weighted by Gasteiger charge is -2.29. The zero-order valence-corrected chi connectivity index (χ0v) is 15.2. The van der Waals surface area contributed by atoms with Gasteiger partial charge in [-0.05, 0) is 12.5 Å². The highest BCUT2D eigenvalue weighted by Gasteiger charge is 2.27. The number of likely N-dealkylation sites (N-methyl/N-ethyl adjacent to an activating group) is 1. The van der Waals surface area contributed by atoms with E-state index in [1.165, 1.54) is 0 Å².